The Morgan fingerprint density at radius 3 is 2.26 bits per heavy atom. The molecule has 0 bridgehead atoms. The summed E-state index contributed by atoms with van der Waals surface area (Å²) in [6.45, 7) is 8.20. The number of primary amides is 1. The Hall–Kier alpha value is -0.610. The Bertz CT molecular complexity index is 319. The number of amides is 1. The quantitative estimate of drug-likeness (QED) is 0.766. The Morgan fingerprint density at radius 1 is 1.26 bits per heavy atom. The van der Waals surface area contributed by atoms with Crippen LogP contribution in [0.2, 0.25) is 0 Å². The number of carbonyl (C=O) groups is 1. The van der Waals surface area contributed by atoms with Crippen molar-refractivity contribution in [2.24, 2.45) is 11.7 Å². The van der Waals surface area contributed by atoms with Crippen LogP contribution < -0.4 is 11.1 Å². The summed E-state index contributed by atoms with van der Waals surface area (Å²) in [4.78, 5) is 14.6. The highest BCUT2D eigenvalue weighted by atomic mass is 16.1. The van der Waals surface area contributed by atoms with Crippen molar-refractivity contribution < 1.29 is 4.79 Å². The minimum absolute atomic E-state index is 0.165. The van der Waals surface area contributed by atoms with Crippen LogP contribution in [0.15, 0.2) is 0 Å². The minimum atomic E-state index is -0.505. The van der Waals surface area contributed by atoms with E-state index >= 15 is 0 Å². The normalized spacial score (nSPS) is 31.9. The van der Waals surface area contributed by atoms with Crippen molar-refractivity contribution in [3.8, 4) is 0 Å². The minimum Gasteiger partial charge on any atom is -0.368 e. The summed E-state index contributed by atoms with van der Waals surface area (Å²) in [6, 6.07) is 1.11. The van der Waals surface area contributed by atoms with Gasteiger partial charge in [0.25, 0.3) is 0 Å². The summed E-state index contributed by atoms with van der Waals surface area (Å²) >= 11 is 0. The lowest BCUT2D eigenvalue weighted by atomic mass is 9.87. The SMILES string of the molecule is CCNC(CN1[C@H](C)CCC[C@@H]1C)(C(N)=O)C1CC1. The average Bonchev–Trinajstić information content (AvgIpc) is 3.16. The molecule has 19 heavy (non-hydrogen) atoms. The van der Waals surface area contributed by atoms with E-state index in [4.69, 9.17) is 5.73 Å². The fraction of sp³-hybridized carbons (Fsp3) is 0.933. The molecule has 1 heterocycles. The van der Waals surface area contributed by atoms with Crippen LogP contribution in [-0.4, -0.2) is 41.5 Å². The summed E-state index contributed by atoms with van der Waals surface area (Å²) < 4.78 is 0. The van der Waals surface area contributed by atoms with Gasteiger partial charge in [-0.25, -0.2) is 0 Å². The van der Waals surface area contributed by atoms with Crippen LogP contribution in [0.25, 0.3) is 0 Å². The van der Waals surface area contributed by atoms with Crippen molar-refractivity contribution in [1.82, 2.24) is 10.2 Å². The van der Waals surface area contributed by atoms with Crippen LogP contribution >= 0.6 is 0 Å². The smallest absolute Gasteiger partial charge is 0.239 e. The second kappa shape index (κ2) is 5.80. The van der Waals surface area contributed by atoms with E-state index in [1.54, 1.807) is 0 Å². The van der Waals surface area contributed by atoms with Gasteiger partial charge in [-0.3, -0.25) is 9.69 Å². The fourth-order valence-corrected chi connectivity index (χ4v) is 3.66. The maximum Gasteiger partial charge on any atom is 0.239 e. The molecule has 0 aromatic rings. The molecule has 1 aliphatic carbocycles. The lowest BCUT2D eigenvalue weighted by Crippen LogP contribution is -2.65. The van der Waals surface area contributed by atoms with Crippen molar-refractivity contribution in [1.29, 1.82) is 0 Å². The number of likely N-dealkylation sites (tertiary alicyclic amines) is 1. The second-order valence-electron chi connectivity index (χ2n) is 6.44. The molecule has 1 amide bonds. The van der Waals surface area contributed by atoms with Gasteiger partial charge >= 0.3 is 0 Å². The number of hydrogen-bond donors (Lipinski definition) is 2. The van der Waals surface area contributed by atoms with Gasteiger partial charge in [0.05, 0.1) is 0 Å². The molecule has 1 saturated heterocycles. The van der Waals surface area contributed by atoms with E-state index < -0.39 is 5.54 Å². The zero-order valence-electron chi connectivity index (χ0n) is 12.6. The largest absolute Gasteiger partial charge is 0.368 e. The second-order valence-corrected chi connectivity index (χ2v) is 6.44. The van der Waals surface area contributed by atoms with Gasteiger partial charge in [0, 0.05) is 18.6 Å². The maximum atomic E-state index is 12.1. The Morgan fingerprint density at radius 2 is 1.84 bits per heavy atom. The number of hydrogen-bond acceptors (Lipinski definition) is 3. The molecular formula is C15H29N3O. The first kappa shape index (κ1) is 14.8. The summed E-state index contributed by atoms with van der Waals surface area (Å²) in [5, 5.41) is 3.43. The molecule has 2 fully saturated rings. The van der Waals surface area contributed by atoms with Crippen molar-refractivity contribution in [2.45, 2.75) is 70.5 Å². The van der Waals surface area contributed by atoms with Gasteiger partial charge in [0.1, 0.15) is 5.54 Å². The Labute approximate surface area is 117 Å². The van der Waals surface area contributed by atoms with Crippen molar-refractivity contribution in [3.05, 3.63) is 0 Å². The molecular weight excluding hydrogens is 238 g/mol. The zero-order chi connectivity index (χ0) is 14.0. The molecule has 0 aromatic heterocycles. The Balaban J connectivity index is 2.16. The third kappa shape index (κ3) is 2.95. The van der Waals surface area contributed by atoms with Gasteiger partial charge in [-0.1, -0.05) is 13.3 Å². The highest BCUT2D eigenvalue weighted by molar-refractivity contribution is 5.86. The molecule has 2 rings (SSSR count). The monoisotopic (exact) mass is 267 g/mol. The lowest BCUT2D eigenvalue weighted by Gasteiger charge is -2.45. The first-order chi connectivity index (χ1) is 9.01. The molecule has 1 aliphatic heterocycles. The number of nitrogens with two attached hydrogens (primary N) is 1. The van der Waals surface area contributed by atoms with Gasteiger partial charge < -0.3 is 11.1 Å². The molecule has 2 aliphatic rings. The summed E-state index contributed by atoms with van der Waals surface area (Å²) in [7, 11) is 0. The van der Waals surface area contributed by atoms with E-state index in [9.17, 15) is 4.79 Å². The topological polar surface area (TPSA) is 58.4 Å². The number of rotatable bonds is 6. The highest BCUT2D eigenvalue weighted by Gasteiger charge is 2.51. The van der Waals surface area contributed by atoms with E-state index in [1.807, 2.05) is 0 Å². The molecule has 110 valence electrons. The predicted octanol–water partition coefficient (Wildman–Crippen LogP) is 1.49. The number of nitrogens with one attached hydrogen (secondary N) is 1. The van der Waals surface area contributed by atoms with Gasteiger partial charge in [0.15, 0.2) is 0 Å². The van der Waals surface area contributed by atoms with E-state index in [0.717, 1.165) is 25.9 Å². The molecule has 1 saturated carbocycles. The van der Waals surface area contributed by atoms with Gasteiger partial charge in [-0.15, -0.1) is 0 Å². The molecule has 0 aromatic carbocycles. The van der Waals surface area contributed by atoms with Crippen LogP contribution in [0.3, 0.4) is 0 Å². The van der Waals surface area contributed by atoms with Crippen LogP contribution in [0, 0.1) is 5.92 Å². The maximum absolute atomic E-state index is 12.1. The summed E-state index contributed by atoms with van der Waals surface area (Å²) in [5.74, 6) is 0.271. The molecule has 1 unspecified atom stereocenters. The van der Waals surface area contributed by atoms with Gasteiger partial charge in [0.2, 0.25) is 5.91 Å². The molecule has 4 nitrogen and oxygen atoms in total. The molecule has 4 heteroatoms. The first-order valence-electron chi connectivity index (χ1n) is 7.82. The fourth-order valence-electron chi connectivity index (χ4n) is 3.66. The first-order valence-corrected chi connectivity index (χ1v) is 7.82. The van der Waals surface area contributed by atoms with Gasteiger partial charge in [-0.05, 0) is 52.0 Å². The molecule has 3 N–H and O–H groups in total. The molecule has 0 spiro atoms. The molecule has 0 radical (unpaired) electrons. The highest BCUT2D eigenvalue weighted by Crippen LogP contribution is 2.41. The van der Waals surface area contributed by atoms with Gasteiger partial charge in [-0.2, -0.15) is 0 Å². The van der Waals surface area contributed by atoms with Crippen LogP contribution in [-0.2, 0) is 4.79 Å². The zero-order valence-corrected chi connectivity index (χ0v) is 12.6. The van der Waals surface area contributed by atoms with E-state index in [1.165, 1.54) is 19.3 Å². The Kier molecular flexibility index (Phi) is 4.51. The average molecular weight is 267 g/mol. The summed E-state index contributed by atoms with van der Waals surface area (Å²) in [5.41, 5.74) is 5.27. The number of piperidine rings is 1. The number of carbonyl (C=O) groups excluding carboxylic acids is 1. The third-order valence-corrected chi connectivity index (χ3v) is 5.01. The van der Waals surface area contributed by atoms with E-state index in [2.05, 4.69) is 31.0 Å². The standard InChI is InChI=1S/C15H29N3O/c1-4-17-15(14(16)19,13-8-9-13)10-18-11(2)6-5-7-12(18)3/h11-13,17H,4-10H2,1-3H3,(H2,16,19)/t11-,12+,15?. The number of likely N-dealkylation sites (N-methyl/N-ethyl adjacent to an activating group) is 1. The van der Waals surface area contributed by atoms with E-state index in [0.29, 0.717) is 18.0 Å². The summed E-state index contributed by atoms with van der Waals surface area (Å²) in [6.07, 6.45) is 6.03. The number of nitrogens with zero attached hydrogens (tertiary/aromatic N) is 1. The predicted molar refractivity (Wildman–Crippen MR) is 77.8 cm³/mol. The van der Waals surface area contributed by atoms with Crippen molar-refractivity contribution in [2.75, 3.05) is 13.1 Å². The lowest BCUT2D eigenvalue weighted by molar-refractivity contribution is -0.127. The van der Waals surface area contributed by atoms with E-state index in [-0.39, 0.29) is 5.91 Å². The third-order valence-electron chi connectivity index (χ3n) is 5.01. The van der Waals surface area contributed by atoms with Crippen LogP contribution in [0.5, 0.6) is 0 Å². The molecule has 3 atom stereocenters. The van der Waals surface area contributed by atoms with Crippen LogP contribution in [0.4, 0.5) is 0 Å². The van der Waals surface area contributed by atoms with Crippen molar-refractivity contribution in [3.63, 3.8) is 0 Å². The van der Waals surface area contributed by atoms with Crippen molar-refractivity contribution >= 4 is 5.91 Å². The van der Waals surface area contributed by atoms with Crippen LogP contribution in [0.1, 0.15) is 52.9 Å².